The van der Waals surface area contributed by atoms with Crippen molar-refractivity contribution in [2.75, 3.05) is 5.73 Å². The number of ketones is 1. The van der Waals surface area contributed by atoms with Gasteiger partial charge in [-0.2, -0.15) is 0 Å². The quantitative estimate of drug-likeness (QED) is 0.784. The summed E-state index contributed by atoms with van der Waals surface area (Å²) in [5.41, 5.74) is 10.6. The molecule has 4 rings (SSSR count). The molecule has 0 saturated carbocycles. The number of rotatable bonds is 2. The van der Waals surface area contributed by atoms with Crippen molar-refractivity contribution in [3.8, 4) is 11.1 Å². The van der Waals surface area contributed by atoms with E-state index in [0.29, 0.717) is 18.4 Å². The van der Waals surface area contributed by atoms with Gasteiger partial charge in [-0.25, -0.2) is 9.97 Å². The van der Waals surface area contributed by atoms with Crippen LogP contribution in [0.2, 0.25) is 0 Å². The van der Waals surface area contributed by atoms with Crippen LogP contribution in [0.5, 0.6) is 0 Å². The summed E-state index contributed by atoms with van der Waals surface area (Å²) in [6, 6.07) is 18.5. The van der Waals surface area contributed by atoms with E-state index in [-0.39, 0.29) is 17.6 Å². The van der Waals surface area contributed by atoms with E-state index in [2.05, 4.69) is 34.2 Å². The van der Waals surface area contributed by atoms with E-state index < -0.39 is 0 Å². The molecular formula is C20H17N3O. The zero-order valence-corrected chi connectivity index (χ0v) is 13.1. The standard InChI is InChI=1S/C20H17N3O/c21-20-22-12-17-18(23-20)10-14(11-19(17)24)16-9-5-4-8-15(16)13-6-2-1-3-7-13/h1-9,12,14H,10-11H2,(H2,21,22,23). The Morgan fingerprint density at radius 3 is 2.50 bits per heavy atom. The van der Waals surface area contributed by atoms with Gasteiger partial charge in [0, 0.05) is 12.6 Å². The molecule has 0 bridgehead atoms. The summed E-state index contributed by atoms with van der Waals surface area (Å²) in [6.45, 7) is 0. The summed E-state index contributed by atoms with van der Waals surface area (Å²) in [7, 11) is 0. The van der Waals surface area contributed by atoms with Gasteiger partial charge in [0.25, 0.3) is 0 Å². The SMILES string of the molecule is Nc1ncc2c(n1)CC(c1ccccc1-c1ccccc1)CC2=O. The number of anilines is 1. The number of aromatic nitrogens is 2. The van der Waals surface area contributed by atoms with Crippen LogP contribution in [0.25, 0.3) is 11.1 Å². The third-order valence-electron chi connectivity index (χ3n) is 4.54. The molecule has 24 heavy (non-hydrogen) atoms. The molecule has 1 atom stereocenters. The van der Waals surface area contributed by atoms with Crippen molar-refractivity contribution >= 4 is 11.7 Å². The maximum Gasteiger partial charge on any atom is 0.220 e. The maximum absolute atomic E-state index is 12.5. The van der Waals surface area contributed by atoms with Gasteiger partial charge >= 0.3 is 0 Å². The molecule has 2 N–H and O–H groups in total. The molecule has 1 aromatic heterocycles. The molecule has 1 heterocycles. The highest BCUT2D eigenvalue weighted by Gasteiger charge is 2.29. The van der Waals surface area contributed by atoms with Crippen molar-refractivity contribution in [3.63, 3.8) is 0 Å². The lowest BCUT2D eigenvalue weighted by atomic mass is 9.79. The number of nitrogens with zero attached hydrogens (tertiary/aromatic N) is 2. The second-order valence-corrected chi connectivity index (χ2v) is 6.07. The summed E-state index contributed by atoms with van der Waals surface area (Å²) in [5.74, 6) is 0.415. The molecule has 0 aliphatic heterocycles. The van der Waals surface area contributed by atoms with Crippen LogP contribution in [-0.4, -0.2) is 15.8 Å². The molecule has 1 unspecified atom stereocenters. The molecule has 2 aromatic carbocycles. The first kappa shape index (κ1) is 14.6. The van der Waals surface area contributed by atoms with E-state index in [4.69, 9.17) is 5.73 Å². The Balaban J connectivity index is 1.77. The van der Waals surface area contributed by atoms with E-state index in [1.807, 2.05) is 30.3 Å². The zero-order valence-electron chi connectivity index (χ0n) is 13.1. The predicted octanol–water partition coefficient (Wildman–Crippen LogP) is 3.64. The van der Waals surface area contributed by atoms with Crippen LogP contribution in [-0.2, 0) is 6.42 Å². The molecule has 118 valence electrons. The van der Waals surface area contributed by atoms with Gasteiger partial charge in [-0.3, -0.25) is 4.79 Å². The van der Waals surface area contributed by atoms with Crippen molar-refractivity contribution in [3.05, 3.63) is 77.6 Å². The lowest BCUT2D eigenvalue weighted by Gasteiger charge is -2.25. The summed E-state index contributed by atoms with van der Waals surface area (Å²) in [4.78, 5) is 20.7. The minimum atomic E-state index is 0.0871. The number of nitrogens with two attached hydrogens (primary N) is 1. The summed E-state index contributed by atoms with van der Waals surface area (Å²) < 4.78 is 0. The van der Waals surface area contributed by atoms with Gasteiger partial charge < -0.3 is 5.73 Å². The van der Waals surface area contributed by atoms with Crippen LogP contribution in [0.1, 0.15) is 34.0 Å². The molecule has 1 aliphatic rings. The Hall–Kier alpha value is -3.01. The van der Waals surface area contributed by atoms with Crippen molar-refractivity contribution in [1.82, 2.24) is 9.97 Å². The number of Topliss-reactive ketones (excluding diaryl/α,β-unsaturated/α-hetero) is 1. The van der Waals surface area contributed by atoms with Gasteiger partial charge in [0.1, 0.15) is 0 Å². The summed E-state index contributed by atoms with van der Waals surface area (Å²) in [6.07, 6.45) is 2.74. The Kier molecular flexibility index (Phi) is 3.58. The van der Waals surface area contributed by atoms with Crippen LogP contribution in [0.4, 0.5) is 5.95 Å². The first-order valence-corrected chi connectivity index (χ1v) is 8.01. The van der Waals surface area contributed by atoms with E-state index in [1.165, 1.54) is 11.1 Å². The predicted molar refractivity (Wildman–Crippen MR) is 93.7 cm³/mol. The lowest BCUT2D eigenvalue weighted by Crippen LogP contribution is -2.21. The fourth-order valence-electron chi connectivity index (χ4n) is 3.41. The van der Waals surface area contributed by atoms with Crippen LogP contribution in [0, 0.1) is 0 Å². The molecule has 0 spiro atoms. The Morgan fingerprint density at radius 1 is 0.917 bits per heavy atom. The first-order valence-electron chi connectivity index (χ1n) is 8.01. The molecule has 3 aromatic rings. The van der Waals surface area contributed by atoms with Gasteiger partial charge in [0.05, 0.1) is 11.3 Å². The Bertz CT molecular complexity index is 906. The minimum absolute atomic E-state index is 0.0871. The molecule has 4 nitrogen and oxygen atoms in total. The van der Waals surface area contributed by atoms with Crippen LogP contribution in [0.15, 0.2) is 60.8 Å². The average molecular weight is 315 g/mol. The maximum atomic E-state index is 12.5. The third-order valence-corrected chi connectivity index (χ3v) is 4.54. The Morgan fingerprint density at radius 2 is 1.67 bits per heavy atom. The van der Waals surface area contributed by atoms with Gasteiger partial charge in [-0.15, -0.1) is 0 Å². The van der Waals surface area contributed by atoms with Crippen LogP contribution in [0.3, 0.4) is 0 Å². The number of nitrogen functional groups attached to an aromatic ring is 1. The fourth-order valence-corrected chi connectivity index (χ4v) is 3.41. The average Bonchev–Trinajstić information content (AvgIpc) is 2.62. The first-order chi connectivity index (χ1) is 11.7. The number of carbonyl (C=O) groups is 1. The van der Waals surface area contributed by atoms with E-state index >= 15 is 0 Å². The highest BCUT2D eigenvalue weighted by atomic mass is 16.1. The monoisotopic (exact) mass is 315 g/mol. The molecular weight excluding hydrogens is 298 g/mol. The second kappa shape index (κ2) is 5.89. The van der Waals surface area contributed by atoms with Gasteiger partial charge in [-0.05, 0) is 29.0 Å². The molecule has 1 aliphatic carbocycles. The zero-order chi connectivity index (χ0) is 16.5. The highest BCUT2D eigenvalue weighted by Crippen LogP contribution is 2.37. The lowest BCUT2D eigenvalue weighted by molar-refractivity contribution is 0.0963. The molecule has 0 amide bonds. The molecule has 4 heteroatoms. The molecule has 0 fully saturated rings. The van der Waals surface area contributed by atoms with Crippen molar-refractivity contribution < 1.29 is 4.79 Å². The largest absolute Gasteiger partial charge is 0.368 e. The summed E-state index contributed by atoms with van der Waals surface area (Å²) >= 11 is 0. The van der Waals surface area contributed by atoms with Crippen molar-refractivity contribution in [1.29, 1.82) is 0 Å². The van der Waals surface area contributed by atoms with Gasteiger partial charge in [0.2, 0.25) is 5.95 Å². The topological polar surface area (TPSA) is 68.9 Å². The fraction of sp³-hybridized carbons (Fsp3) is 0.150. The van der Waals surface area contributed by atoms with E-state index in [1.54, 1.807) is 6.20 Å². The van der Waals surface area contributed by atoms with Crippen molar-refractivity contribution in [2.24, 2.45) is 0 Å². The summed E-state index contributed by atoms with van der Waals surface area (Å²) in [5, 5.41) is 0. The molecule has 0 radical (unpaired) electrons. The minimum Gasteiger partial charge on any atom is -0.368 e. The number of carbonyl (C=O) groups excluding carboxylic acids is 1. The normalized spacial score (nSPS) is 16.7. The van der Waals surface area contributed by atoms with Crippen LogP contribution < -0.4 is 5.73 Å². The Labute approximate surface area is 140 Å². The van der Waals surface area contributed by atoms with Gasteiger partial charge in [-0.1, -0.05) is 54.6 Å². The molecule has 0 saturated heterocycles. The smallest absolute Gasteiger partial charge is 0.220 e. The second-order valence-electron chi connectivity index (χ2n) is 6.07. The van der Waals surface area contributed by atoms with E-state index in [9.17, 15) is 4.79 Å². The number of fused-ring (bicyclic) bond motifs is 1. The third kappa shape index (κ3) is 2.56. The number of benzene rings is 2. The number of hydrogen-bond acceptors (Lipinski definition) is 4. The van der Waals surface area contributed by atoms with Crippen molar-refractivity contribution in [2.45, 2.75) is 18.8 Å². The number of hydrogen-bond donors (Lipinski definition) is 1. The van der Waals surface area contributed by atoms with Crippen LogP contribution >= 0.6 is 0 Å². The highest BCUT2D eigenvalue weighted by molar-refractivity contribution is 5.98. The van der Waals surface area contributed by atoms with Gasteiger partial charge in [0.15, 0.2) is 5.78 Å². The van der Waals surface area contributed by atoms with E-state index in [0.717, 1.165) is 11.3 Å².